The lowest BCUT2D eigenvalue weighted by atomic mass is 9.83. The zero-order valence-electron chi connectivity index (χ0n) is 10.5. The first-order valence-corrected chi connectivity index (χ1v) is 7.59. The molecular weight excluding hydrogens is 254 g/mol. The molecule has 6 nitrogen and oxygen atoms in total. The number of rotatable bonds is 4. The minimum atomic E-state index is -3.65. The summed E-state index contributed by atoms with van der Waals surface area (Å²) in [6.45, 7) is -0.168. The summed E-state index contributed by atoms with van der Waals surface area (Å²) >= 11 is 0. The first-order valence-electron chi connectivity index (χ1n) is 6.10. The topological polar surface area (TPSA) is 84.2 Å². The molecule has 0 bridgehead atoms. The van der Waals surface area contributed by atoms with E-state index in [1.807, 2.05) is 0 Å². The molecule has 1 heterocycles. The average Bonchev–Trinajstić information content (AvgIpc) is 2.77. The van der Waals surface area contributed by atoms with Gasteiger partial charge in [0.25, 0.3) is 10.0 Å². The molecule has 1 saturated carbocycles. The Morgan fingerprint density at radius 3 is 2.61 bits per heavy atom. The van der Waals surface area contributed by atoms with E-state index in [1.165, 1.54) is 12.5 Å². The van der Waals surface area contributed by atoms with Gasteiger partial charge in [0.2, 0.25) is 0 Å². The molecule has 0 aromatic carbocycles. The maximum absolute atomic E-state index is 12.2. The SMILES string of the molecule is Cn1cnc(S(=O)(=O)NC2(CO)CCCCC2)c1. The summed E-state index contributed by atoms with van der Waals surface area (Å²) in [4.78, 5) is 3.85. The normalized spacial score (nSPS) is 19.9. The highest BCUT2D eigenvalue weighted by atomic mass is 32.2. The zero-order valence-corrected chi connectivity index (χ0v) is 11.3. The van der Waals surface area contributed by atoms with Gasteiger partial charge in [0, 0.05) is 13.2 Å². The quantitative estimate of drug-likeness (QED) is 0.831. The number of aromatic nitrogens is 2. The Labute approximate surface area is 107 Å². The van der Waals surface area contributed by atoms with E-state index in [1.54, 1.807) is 11.6 Å². The monoisotopic (exact) mass is 273 g/mol. The molecule has 0 unspecified atom stereocenters. The van der Waals surface area contributed by atoms with Gasteiger partial charge in [0.15, 0.2) is 5.03 Å². The molecule has 0 atom stereocenters. The van der Waals surface area contributed by atoms with Gasteiger partial charge in [-0.15, -0.1) is 0 Å². The zero-order chi connectivity index (χ0) is 13.2. The molecule has 0 aliphatic heterocycles. The molecule has 7 heteroatoms. The Morgan fingerprint density at radius 1 is 1.44 bits per heavy atom. The molecule has 18 heavy (non-hydrogen) atoms. The lowest BCUT2D eigenvalue weighted by Gasteiger charge is -2.35. The maximum atomic E-state index is 12.2. The molecular formula is C11H19N3O3S. The number of sulfonamides is 1. The van der Waals surface area contributed by atoms with Crippen LogP contribution in [0.15, 0.2) is 17.6 Å². The summed E-state index contributed by atoms with van der Waals surface area (Å²) < 4.78 is 28.6. The second kappa shape index (κ2) is 4.99. The van der Waals surface area contributed by atoms with Gasteiger partial charge < -0.3 is 9.67 Å². The number of aliphatic hydroxyl groups is 1. The van der Waals surface area contributed by atoms with Gasteiger partial charge in [0.05, 0.1) is 18.5 Å². The van der Waals surface area contributed by atoms with E-state index in [4.69, 9.17) is 0 Å². The lowest BCUT2D eigenvalue weighted by Crippen LogP contribution is -2.52. The molecule has 1 aliphatic rings. The van der Waals surface area contributed by atoms with Gasteiger partial charge in [-0.2, -0.15) is 0 Å². The fraction of sp³-hybridized carbons (Fsp3) is 0.727. The third-order valence-electron chi connectivity index (χ3n) is 3.42. The van der Waals surface area contributed by atoms with Crippen LogP contribution in [0.3, 0.4) is 0 Å². The molecule has 1 aromatic rings. The lowest BCUT2D eigenvalue weighted by molar-refractivity contribution is 0.142. The largest absolute Gasteiger partial charge is 0.394 e. The van der Waals surface area contributed by atoms with Gasteiger partial charge in [-0.3, -0.25) is 0 Å². The summed E-state index contributed by atoms with van der Waals surface area (Å²) in [6, 6.07) is 0. The van der Waals surface area contributed by atoms with Crippen molar-refractivity contribution in [1.82, 2.24) is 14.3 Å². The van der Waals surface area contributed by atoms with Gasteiger partial charge in [-0.25, -0.2) is 18.1 Å². The Bertz CT molecular complexity index is 503. The van der Waals surface area contributed by atoms with Crippen LogP contribution in [-0.2, 0) is 17.1 Å². The van der Waals surface area contributed by atoms with Crippen LogP contribution in [0.2, 0.25) is 0 Å². The highest BCUT2D eigenvalue weighted by molar-refractivity contribution is 7.89. The van der Waals surface area contributed by atoms with Gasteiger partial charge in [0.1, 0.15) is 0 Å². The second-order valence-corrected chi connectivity index (χ2v) is 6.61. The summed E-state index contributed by atoms with van der Waals surface area (Å²) in [5.41, 5.74) is -0.714. The van der Waals surface area contributed by atoms with Crippen molar-refractivity contribution in [1.29, 1.82) is 0 Å². The van der Waals surface area contributed by atoms with E-state index in [9.17, 15) is 13.5 Å². The average molecular weight is 273 g/mol. The molecule has 1 fully saturated rings. The molecule has 1 aliphatic carbocycles. The van der Waals surface area contributed by atoms with Crippen LogP contribution in [0, 0.1) is 0 Å². The van der Waals surface area contributed by atoms with Crippen molar-refractivity contribution in [2.24, 2.45) is 7.05 Å². The standard InChI is InChI=1S/C11H19N3O3S/c1-14-7-10(12-9-14)18(16,17)13-11(8-15)5-3-2-4-6-11/h7,9,13,15H,2-6,8H2,1H3. The van der Waals surface area contributed by atoms with E-state index in [2.05, 4.69) is 9.71 Å². The number of hydrogen-bond acceptors (Lipinski definition) is 4. The number of aliphatic hydroxyl groups excluding tert-OH is 1. The van der Waals surface area contributed by atoms with Crippen molar-refractivity contribution in [3.8, 4) is 0 Å². The summed E-state index contributed by atoms with van der Waals surface area (Å²) in [6.07, 6.45) is 7.21. The summed E-state index contributed by atoms with van der Waals surface area (Å²) in [7, 11) is -1.93. The van der Waals surface area contributed by atoms with E-state index in [-0.39, 0.29) is 11.6 Å². The predicted molar refractivity (Wildman–Crippen MR) is 66.4 cm³/mol. The van der Waals surface area contributed by atoms with Crippen LogP contribution in [0.25, 0.3) is 0 Å². The third-order valence-corrected chi connectivity index (χ3v) is 4.88. The van der Waals surface area contributed by atoms with Crippen molar-refractivity contribution in [3.63, 3.8) is 0 Å². The second-order valence-electron chi connectivity index (χ2n) is 4.98. The number of aryl methyl sites for hydroxylation is 1. The van der Waals surface area contributed by atoms with Crippen LogP contribution in [0.1, 0.15) is 32.1 Å². The van der Waals surface area contributed by atoms with Gasteiger partial charge >= 0.3 is 0 Å². The smallest absolute Gasteiger partial charge is 0.260 e. The molecule has 0 spiro atoms. The molecule has 1 aromatic heterocycles. The van der Waals surface area contributed by atoms with Crippen molar-refractivity contribution in [3.05, 3.63) is 12.5 Å². The fourth-order valence-corrected chi connectivity index (χ4v) is 3.82. The minimum Gasteiger partial charge on any atom is -0.394 e. The van der Waals surface area contributed by atoms with Crippen molar-refractivity contribution in [2.75, 3.05) is 6.61 Å². The van der Waals surface area contributed by atoms with E-state index >= 15 is 0 Å². The fourth-order valence-electron chi connectivity index (χ4n) is 2.39. The number of hydrogen-bond donors (Lipinski definition) is 2. The van der Waals surface area contributed by atoms with Crippen molar-refractivity contribution >= 4 is 10.0 Å². The number of nitrogens with one attached hydrogen (secondary N) is 1. The van der Waals surface area contributed by atoms with E-state index < -0.39 is 15.6 Å². The highest BCUT2D eigenvalue weighted by Crippen LogP contribution is 2.29. The van der Waals surface area contributed by atoms with Crippen LogP contribution >= 0.6 is 0 Å². The highest BCUT2D eigenvalue weighted by Gasteiger charge is 2.36. The van der Waals surface area contributed by atoms with Gasteiger partial charge in [-0.1, -0.05) is 19.3 Å². The predicted octanol–water partition coefficient (Wildman–Crippen LogP) is 0.394. The Balaban J connectivity index is 2.21. The Hall–Kier alpha value is -0.920. The van der Waals surface area contributed by atoms with Crippen molar-refractivity contribution in [2.45, 2.75) is 42.7 Å². The third kappa shape index (κ3) is 2.73. The molecule has 0 saturated heterocycles. The van der Waals surface area contributed by atoms with E-state index in [0.29, 0.717) is 12.8 Å². The maximum Gasteiger partial charge on any atom is 0.260 e. The molecule has 0 radical (unpaired) electrons. The Kier molecular flexibility index (Phi) is 3.74. The molecule has 102 valence electrons. The van der Waals surface area contributed by atoms with Crippen LogP contribution in [-0.4, -0.2) is 35.2 Å². The minimum absolute atomic E-state index is 0.00315. The number of imidazole rings is 1. The summed E-state index contributed by atoms with van der Waals surface area (Å²) in [5, 5.41) is 9.51. The molecule has 0 amide bonds. The van der Waals surface area contributed by atoms with Crippen LogP contribution in [0.5, 0.6) is 0 Å². The Morgan fingerprint density at radius 2 is 2.11 bits per heavy atom. The molecule has 2 N–H and O–H groups in total. The van der Waals surface area contributed by atoms with Gasteiger partial charge in [-0.05, 0) is 12.8 Å². The molecule has 2 rings (SSSR count). The van der Waals surface area contributed by atoms with Crippen LogP contribution in [0.4, 0.5) is 0 Å². The first-order chi connectivity index (χ1) is 8.47. The van der Waals surface area contributed by atoms with Crippen LogP contribution < -0.4 is 4.72 Å². The summed E-state index contributed by atoms with van der Waals surface area (Å²) in [5.74, 6) is 0. The number of nitrogens with zero attached hydrogens (tertiary/aromatic N) is 2. The van der Waals surface area contributed by atoms with E-state index in [0.717, 1.165) is 19.3 Å². The first kappa shape index (κ1) is 13.5. The van der Waals surface area contributed by atoms with Crippen molar-refractivity contribution < 1.29 is 13.5 Å².